The first-order valence-corrected chi connectivity index (χ1v) is 7.41. The molecule has 0 aliphatic rings. The Labute approximate surface area is 118 Å². The van der Waals surface area contributed by atoms with Gasteiger partial charge in [-0.3, -0.25) is 4.90 Å². The summed E-state index contributed by atoms with van der Waals surface area (Å²) in [7, 11) is 0. The summed E-state index contributed by atoms with van der Waals surface area (Å²) in [6.07, 6.45) is -0.495. The van der Waals surface area contributed by atoms with Crippen LogP contribution in [0.1, 0.15) is 41.5 Å². The van der Waals surface area contributed by atoms with Crippen LogP contribution in [0.25, 0.3) is 0 Å². The van der Waals surface area contributed by atoms with Crippen LogP contribution in [0.15, 0.2) is 0 Å². The fourth-order valence-electron chi connectivity index (χ4n) is 3.54. The largest absolute Gasteiger partial charge is 0.395 e. The van der Waals surface area contributed by atoms with E-state index in [-0.39, 0.29) is 31.0 Å². The maximum atomic E-state index is 10.8. The Morgan fingerprint density at radius 3 is 1.42 bits per heavy atom. The lowest BCUT2D eigenvalue weighted by Gasteiger charge is -2.54. The molecule has 0 spiro atoms. The highest BCUT2D eigenvalue weighted by molar-refractivity contribution is 5.02. The van der Waals surface area contributed by atoms with Gasteiger partial charge in [0.05, 0.1) is 24.9 Å². The van der Waals surface area contributed by atoms with Gasteiger partial charge in [-0.05, 0) is 17.8 Å². The lowest BCUT2D eigenvalue weighted by atomic mass is 9.68. The van der Waals surface area contributed by atoms with Crippen LogP contribution in [-0.2, 0) is 0 Å². The molecule has 0 fully saturated rings. The molecular formula is C15H33NO3. The lowest BCUT2D eigenvalue weighted by molar-refractivity contribution is -0.116. The van der Waals surface area contributed by atoms with Gasteiger partial charge in [-0.15, -0.1) is 0 Å². The van der Waals surface area contributed by atoms with Crippen molar-refractivity contribution >= 4 is 0 Å². The summed E-state index contributed by atoms with van der Waals surface area (Å²) < 4.78 is 0. The average Bonchev–Trinajstić information content (AvgIpc) is 2.29. The van der Waals surface area contributed by atoms with Crippen molar-refractivity contribution < 1.29 is 15.3 Å². The lowest BCUT2D eigenvalue weighted by Crippen LogP contribution is -2.65. The molecule has 0 aromatic heterocycles. The first-order chi connectivity index (χ1) is 8.76. The number of hydrogen-bond donors (Lipinski definition) is 3. The SMILES string of the molecule is CC(C)C(O)C(C(C)C)(C(C)C)N(CCO)CCO. The summed E-state index contributed by atoms with van der Waals surface area (Å²) in [4.78, 5) is 2.06. The molecule has 0 aromatic rings. The molecule has 19 heavy (non-hydrogen) atoms. The maximum absolute atomic E-state index is 10.8. The quantitative estimate of drug-likeness (QED) is 0.594. The van der Waals surface area contributed by atoms with Crippen molar-refractivity contribution in [3.63, 3.8) is 0 Å². The number of hydrogen-bond acceptors (Lipinski definition) is 4. The molecule has 1 unspecified atom stereocenters. The molecule has 116 valence electrons. The third kappa shape index (κ3) is 3.91. The number of aliphatic hydroxyl groups excluding tert-OH is 3. The molecule has 1 atom stereocenters. The monoisotopic (exact) mass is 275 g/mol. The van der Waals surface area contributed by atoms with E-state index in [1.807, 2.05) is 13.8 Å². The highest BCUT2D eigenvalue weighted by atomic mass is 16.3. The van der Waals surface area contributed by atoms with Crippen molar-refractivity contribution in [2.75, 3.05) is 26.3 Å². The van der Waals surface area contributed by atoms with E-state index >= 15 is 0 Å². The third-order valence-electron chi connectivity index (χ3n) is 4.24. The molecule has 0 bridgehead atoms. The van der Waals surface area contributed by atoms with Crippen molar-refractivity contribution in [2.45, 2.75) is 53.2 Å². The minimum absolute atomic E-state index is 0.0337. The zero-order valence-electron chi connectivity index (χ0n) is 13.4. The van der Waals surface area contributed by atoms with Gasteiger partial charge < -0.3 is 15.3 Å². The molecule has 0 aromatic carbocycles. The number of aliphatic hydroxyl groups is 3. The fraction of sp³-hybridized carbons (Fsp3) is 1.00. The zero-order chi connectivity index (χ0) is 15.2. The summed E-state index contributed by atoms with van der Waals surface area (Å²) >= 11 is 0. The first-order valence-electron chi connectivity index (χ1n) is 7.41. The standard InChI is InChI=1S/C15H33NO3/c1-11(2)14(19)15(12(3)4,13(5)6)16(7-9-17)8-10-18/h11-14,17-19H,7-10H2,1-6H3. The Hall–Kier alpha value is -0.160. The van der Waals surface area contributed by atoms with Gasteiger partial charge in [-0.25, -0.2) is 0 Å². The second-order valence-corrected chi connectivity index (χ2v) is 6.32. The Morgan fingerprint density at radius 1 is 0.842 bits per heavy atom. The second-order valence-electron chi connectivity index (χ2n) is 6.32. The molecule has 0 saturated carbocycles. The molecule has 4 nitrogen and oxygen atoms in total. The van der Waals surface area contributed by atoms with Crippen LogP contribution in [0.5, 0.6) is 0 Å². The molecule has 0 aliphatic heterocycles. The van der Waals surface area contributed by atoms with E-state index < -0.39 is 11.6 Å². The Morgan fingerprint density at radius 2 is 1.21 bits per heavy atom. The predicted molar refractivity (Wildman–Crippen MR) is 79.0 cm³/mol. The highest BCUT2D eigenvalue weighted by Crippen LogP contribution is 2.38. The topological polar surface area (TPSA) is 63.9 Å². The molecule has 3 N–H and O–H groups in total. The van der Waals surface area contributed by atoms with Crippen molar-refractivity contribution in [1.82, 2.24) is 4.90 Å². The van der Waals surface area contributed by atoms with Gasteiger partial charge in [0.25, 0.3) is 0 Å². The Balaban J connectivity index is 5.65. The van der Waals surface area contributed by atoms with Gasteiger partial charge in [-0.2, -0.15) is 0 Å². The molecule has 4 heteroatoms. The summed E-state index contributed by atoms with van der Waals surface area (Å²) in [5.74, 6) is 0.579. The van der Waals surface area contributed by atoms with Gasteiger partial charge in [0, 0.05) is 13.1 Å². The van der Waals surface area contributed by atoms with Gasteiger partial charge in [0.1, 0.15) is 0 Å². The second kappa shape index (κ2) is 8.20. The van der Waals surface area contributed by atoms with Crippen LogP contribution >= 0.6 is 0 Å². The minimum Gasteiger partial charge on any atom is -0.395 e. The number of β-amino-alcohol motifs (C(OH)–C–C–N with tert-alkyl or cyclic N) is 2. The zero-order valence-corrected chi connectivity index (χ0v) is 13.4. The molecule has 0 saturated heterocycles. The van der Waals surface area contributed by atoms with Crippen LogP contribution in [0.4, 0.5) is 0 Å². The summed E-state index contributed by atoms with van der Waals surface area (Å²) in [5.41, 5.74) is -0.431. The van der Waals surface area contributed by atoms with E-state index in [9.17, 15) is 15.3 Å². The molecule has 0 amide bonds. The molecule has 0 heterocycles. The van der Waals surface area contributed by atoms with Crippen LogP contribution in [0, 0.1) is 17.8 Å². The van der Waals surface area contributed by atoms with Gasteiger partial charge in [0.2, 0.25) is 0 Å². The average molecular weight is 275 g/mol. The van der Waals surface area contributed by atoms with Gasteiger partial charge in [0.15, 0.2) is 0 Å². The first kappa shape index (κ1) is 18.8. The number of nitrogens with zero attached hydrogens (tertiary/aromatic N) is 1. The van der Waals surface area contributed by atoms with E-state index in [1.165, 1.54) is 0 Å². The van der Waals surface area contributed by atoms with E-state index in [2.05, 4.69) is 32.6 Å². The van der Waals surface area contributed by atoms with E-state index in [0.717, 1.165) is 0 Å². The van der Waals surface area contributed by atoms with E-state index in [4.69, 9.17) is 0 Å². The van der Waals surface area contributed by atoms with Crippen LogP contribution < -0.4 is 0 Å². The molecule has 0 rings (SSSR count). The van der Waals surface area contributed by atoms with Crippen molar-refractivity contribution in [1.29, 1.82) is 0 Å². The van der Waals surface area contributed by atoms with Crippen LogP contribution in [0.2, 0.25) is 0 Å². The third-order valence-corrected chi connectivity index (χ3v) is 4.24. The van der Waals surface area contributed by atoms with Gasteiger partial charge in [-0.1, -0.05) is 41.5 Å². The van der Waals surface area contributed by atoms with Crippen molar-refractivity contribution in [3.05, 3.63) is 0 Å². The van der Waals surface area contributed by atoms with Crippen LogP contribution in [0.3, 0.4) is 0 Å². The van der Waals surface area contributed by atoms with Crippen molar-refractivity contribution in [3.8, 4) is 0 Å². The minimum atomic E-state index is -0.495. The molecule has 0 radical (unpaired) electrons. The predicted octanol–water partition coefficient (Wildman–Crippen LogP) is 1.34. The Bertz CT molecular complexity index is 228. The summed E-state index contributed by atoms with van der Waals surface area (Å²) in [6, 6.07) is 0. The van der Waals surface area contributed by atoms with E-state index in [1.54, 1.807) is 0 Å². The summed E-state index contributed by atoms with van der Waals surface area (Å²) in [5, 5.41) is 29.4. The summed E-state index contributed by atoms with van der Waals surface area (Å²) in [6.45, 7) is 13.5. The maximum Gasteiger partial charge on any atom is 0.0751 e. The van der Waals surface area contributed by atoms with Crippen LogP contribution in [-0.4, -0.2) is 58.2 Å². The molecule has 0 aliphatic carbocycles. The smallest absolute Gasteiger partial charge is 0.0751 e. The van der Waals surface area contributed by atoms with Crippen molar-refractivity contribution in [2.24, 2.45) is 17.8 Å². The number of rotatable bonds is 9. The van der Waals surface area contributed by atoms with E-state index in [0.29, 0.717) is 13.1 Å². The van der Waals surface area contributed by atoms with Gasteiger partial charge >= 0.3 is 0 Å². The highest BCUT2D eigenvalue weighted by Gasteiger charge is 2.48. The molecular weight excluding hydrogens is 242 g/mol. The normalized spacial score (nSPS) is 15.0. The Kier molecular flexibility index (Phi) is 8.13. The fourth-order valence-corrected chi connectivity index (χ4v) is 3.54.